The maximum Gasteiger partial charge on any atom is 0.237 e. The van der Waals surface area contributed by atoms with E-state index in [9.17, 15) is 4.79 Å². The van der Waals surface area contributed by atoms with Gasteiger partial charge in [-0.2, -0.15) is 0 Å². The van der Waals surface area contributed by atoms with Gasteiger partial charge in [0.1, 0.15) is 5.75 Å². The minimum absolute atomic E-state index is 0.0305. The first-order valence-corrected chi connectivity index (χ1v) is 8.70. The molecule has 0 bridgehead atoms. The van der Waals surface area contributed by atoms with E-state index in [-0.39, 0.29) is 11.2 Å². The minimum Gasteiger partial charge on any atom is -0.497 e. The van der Waals surface area contributed by atoms with Gasteiger partial charge in [-0.05, 0) is 36.6 Å². The van der Waals surface area contributed by atoms with Crippen LogP contribution in [0.1, 0.15) is 12.0 Å². The highest BCUT2D eigenvalue weighted by Gasteiger charge is 2.25. The van der Waals surface area contributed by atoms with Crippen LogP contribution in [0.15, 0.2) is 47.6 Å². The number of amides is 1. The molecule has 0 fully saturated rings. The van der Waals surface area contributed by atoms with E-state index < -0.39 is 0 Å². The number of anilines is 1. The van der Waals surface area contributed by atoms with Crippen molar-refractivity contribution >= 4 is 34.4 Å². The molecule has 2 aromatic carbocycles. The first-order chi connectivity index (χ1) is 11.7. The molecule has 5 nitrogen and oxygen atoms in total. The summed E-state index contributed by atoms with van der Waals surface area (Å²) in [6.07, 6.45) is 1.66. The zero-order valence-corrected chi connectivity index (χ0v) is 14.0. The maximum atomic E-state index is 12.5. The molecule has 1 aromatic heterocycles. The number of carbonyl (C=O) groups excluding carboxylic acids is 1. The maximum absolute atomic E-state index is 12.5. The molecule has 3 aromatic rings. The number of hydrogen-bond donors (Lipinski definition) is 2. The van der Waals surface area contributed by atoms with E-state index >= 15 is 0 Å². The van der Waals surface area contributed by atoms with Gasteiger partial charge in [0.25, 0.3) is 0 Å². The van der Waals surface area contributed by atoms with Crippen LogP contribution in [0.4, 0.5) is 5.69 Å². The lowest BCUT2D eigenvalue weighted by atomic mass is 10.1. The lowest BCUT2D eigenvalue weighted by molar-refractivity contribution is -0.115. The van der Waals surface area contributed by atoms with Crippen LogP contribution in [-0.2, 0) is 11.2 Å². The molecule has 0 aliphatic carbocycles. The van der Waals surface area contributed by atoms with Gasteiger partial charge in [-0.1, -0.05) is 30.0 Å². The van der Waals surface area contributed by atoms with Gasteiger partial charge in [0.05, 0.1) is 23.4 Å². The normalized spacial score (nSPS) is 17.2. The van der Waals surface area contributed by atoms with Gasteiger partial charge in [0, 0.05) is 11.8 Å². The molecule has 6 heteroatoms. The average Bonchev–Trinajstić information content (AvgIpc) is 2.93. The fraction of sp³-hybridized carbons (Fsp3) is 0.222. The number of aromatic amines is 1. The van der Waals surface area contributed by atoms with E-state index in [4.69, 9.17) is 4.74 Å². The lowest BCUT2D eigenvalue weighted by Gasteiger charge is -2.10. The van der Waals surface area contributed by atoms with Crippen LogP contribution in [0.3, 0.4) is 0 Å². The standard InChI is InChI=1S/C18H17N3O2S/c1-23-12-7-8-14-15(10-12)21-18(20-14)24-16-9-6-11-4-2-3-5-13(11)19-17(16)22/h2-5,7-8,10,16H,6,9H2,1H3,(H,19,22)(H,20,21)/t16-/m1/s1. The average molecular weight is 339 g/mol. The number of rotatable bonds is 3. The highest BCUT2D eigenvalue weighted by atomic mass is 32.2. The number of ether oxygens (including phenoxy) is 1. The van der Waals surface area contributed by atoms with Crippen molar-refractivity contribution in [3.63, 3.8) is 0 Å². The number of carbonyl (C=O) groups is 1. The van der Waals surface area contributed by atoms with Gasteiger partial charge < -0.3 is 15.0 Å². The van der Waals surface area contributed by atoms with Crippen LogP contribution in [-0.4, -0.2) is 28.2 Å². The van der Waals surface area contributed by atoms with Crippen LogP contribution >= 0.6 is 11.8 Å². The molecule has 0 saturated heterocycles. The van der Waals surface area contributed by atoms with Gasteiger partial charge in [-0.15, -0.1) is 0 Å². The second-order valence-electron chi connectivity index (χ2n) is 5.72. The molecule has 2 heterocycles. The monoisotopic (exact) mass is 339 g/mol. The van der Waals surface area contributed by atoms with E-state index in [1.54, 1.807) is 7.11 Å². The van der Waals surface area contributed by atoms with Crippen molar-refractivity contribution in [2.75, 3.05) is 12.4 Å². The summed E-state index contributed by atoms with van der Waals surface area (Å²) < 4.78 is 5.23. The third-order valence-corrected chi connectivity index (χ3v) is 5.32. The van der Waals surface area contributed by atoms with Gasteiger partial charge in [0.2, 0.25) is 5.91 Å². The van der Waals surface area contributed by atoms with Crippen molar-refractivity contribution < 1.29 is 9.53 Å². The number of imidazole rings is 1. The third kappa shape index (κ3) is 2.85. The topological polar surface area (TPSA) is 67.0 Å². The van der Waals surface area contributed by atoms with E-state index in [0.29, 0.717) is 0 Å². The largest absolute Gasteiger partial charge is 0.497 e. The highest BCUT2D eigenvalue weighted by Crippen LogP contribution is 2.31. The first kappa shape index (κ1) is 15.1. The number of aromatic nitrogens is 2. The summed E-state index contributed by atoms with van der Waals surface area (Å²) in [4.78, 5) is 20.3. The third-order valence-electron chi connectivity index (χ3n) is 4.16. The summed E-state index contributed by atoms with van der Waals surface area (Å²) >= 11 is 1.48. The highest BCUT2D eigenvalue weighted by molar-refractivity contribution is 8.00. The second kappa shape index (κ2) is 6.20. The van der Waals surface area contributed by atoms with E-state index in [2.05, 4.69) is 21.4 Å². The van der Waals surface area contributed by atoms with E-state index in [0.717, 1.165) is 40.5 Å². The number of hydrogen-bond acceptors (Lipinski definition) is 4. The number of nitrogens with zero attached hydrogens (tertiary/aromatic N) is 1. The van der Waals surface area contributed by atoms with Crippen molar-refractivity contribution in [1.29, 1.82) is 0 Å². The quantitative estimate of drug-likeness (QED) is 0.765. The number of fused-ring (bicyclic) bond motifs is 2. The molecule has 4 rings (SSSR count). The molecular weight excluding hydrogens is 322 g/mol. The molecule has 1 aliphatic heterocycles. The molecule has 0 spiro atoms. The molecular formula is C18H17N3O2S. The summed E-state index contributed by atoms with van der Waals surface area (Å²) in [5.41, 5.74) is 3.88. The molecule has 1 atom stereocenters. The van der Waals surface area contributed by atoms with Gasteiger partial charge in [0.15, 0.2) is 5.16 Å². The summed E-state index contributed by atoms with van der Waals surface area (Å²) in [7, 11) is 1.64. The molecule has 0 unspecified atom stereocenters. The fourth-order valence-corrected chi connectivity index (χ4v) is 3.88. The van der Waals surface area contributed by atoms with Crippen molar-refractivity contribution in [3.05, 3.63) is 48.0 Å². The number of benzene rings is 2. The fourth-order valence-electron chi connectivity index (χ4n) is 2.89. The molecule has 24 heavy (non-hydrogen) atoms. The Morgan fingerprint density at radius 1 is 1.25 bits per heavy atom. The van der Waals surface area contributed by atoms with Crippen LogP contribution < -0.4 is 10.1 Å². The van der Waals surface area contributed by atoms with Gasteiger partial charge >= 0.3 is 0 Å². The summed E-state index contributed by atoms with van der Waals surface area (Å²) in [5.74, 6) is 0.813. The van der Waals surface area contributed by atoms with Crippen LogP contribution in [0.2, 0.25) is 0 Å². The summed E-state index contributed by atoms with van der Waals surface area (Å²) in [5, 5.41) is 3.61. The molecule has 2 N–H and O–H groups in total. The van der Waals surface area contributed by atoms with E-state index in [1.165, 1.54) is 17.3 Å². The SMILES string of the molecule is COc1ccc2nc(S[C@@H]3CCc4ccccc4NC3=O)[nH]c2c1. The lowest BCUT2D eigenvalue weighted by Crippen LogP contribution is -2.23. The smallest absolute Gasteiger partial charge is 0.237 e. The van der Waals surface area contributed by atoms with Crippen molar-refractivity contribution in [2.24, 2.45) is 0 Å². The second-order valence-corrected chi connectivity index (χ2v) is 6.91. The molecule has 0 radical (unpaired) electrons. The van der Waals surface area contributed by atoms with Gasteiger partial charge in [-0.3, -0.25) is 4.79 Å². The Hall–Kier alpha value is -2.47. The Morgan fingerprint density at radius 3 is 3.00 bits per heavy atom. The zero-order valence-electron chi connectivity index (χ0n) is 13.2. The number of para-hydroxylation sites is 1. The van der Waals surface area contributed by atoms with Crippen molar-refractivity contribution in [1.82, 2.24) is 9.97 Å². The summed E-state index contributed by atoms with van der Waals surface area (Å²) in [6, 6.07) is 13.7. The zero-order chi connectivity index (χ0) is 16.5. The Labute approximate surface area is 143 Å². The Morgan fingerprint density at radius 2 is 2.12 bits per heavy atom. The van der Waals surface area contributed by atoms with E-state index in [1.807, 2.05) is 36.4 Å². The van der Waals surface area contributed by atoms with Crippen LogP contribution in [0.25, 0.3) is 11.0 Å². The Balaban J connectivity index is 1.56. The van der Waals surface area contributed by atoms with Crippen LogP contribution in [0.5, 0.6) is 5.75 Å². The predicted molar refractivity (Wildman–Crippen MR) is 95.7 cm³/mol. The number of methoxy groups -OCH3 is 1. The molecule has 1 amide bonds. The van der Waals surface area contributed by atoms with Gasteiger partial charge in [-0.25, -0.2) is 4.98 Å². The number of thioether (sulfide) groups is 1. The summed E-state index contributed by atoms with van der Waals surface area (Å²) in [6.45, 7) is 0. The molecule has 122 valence electrons. The predicted octanol–water partition coefficient (Wildman–Crippen LogP) is 3.62. The number of nitrogens with one attached hydrogen (secondary N) is 2. The van der Waals surface area contributed by atoms with Crippen molar-refractivity contribution in [2.45, 2.75) is 23.2 Å². The Bertz CT molecular complexity index is 906. The van der Waals surface area contributed by atoms with Crippen molar-refractivity contribution in [3.8, 4) is 5.75 Å². The number of aryl methyl sites for hydroxylation is 1. The van der Waals surface area contributed by atoms with Crippen LogP contribution in [0, 0.1) is 0 Å². The number of H-pyrrole nitrogens is 1. The Kier molecular flexibility index (Phi) is 3.90. The minimum atomic E-state index is -0.167. The first-order valence-electron chi connectivity index (χ1n) is 7.82. The molecule has 0 saturated carbocycles. The molecule has 1 aliphatic rings.